The summed E-state index contributed by atoms with van der Waals surface area (Å²) in [4.78, 5) is 2.30. The highest BCUT2D eigenvalue weighted by molar-refractivity contribution is 7.90. The van der Waals surface area contributed by atoms with Crippen molar-refractivity contribution in [1.29, 1.82) is 0 Å². The quantitative estimate of drug-likeness (QED) is 0.616. The van der Waals surface area contributed by atoms with Gasteiger partial charge < -0.3 is 10.5 Å². The summed E-state index contributed by atoms with van der Waals surface area (Å²) in [5.74, 6) is 0. The summed E-state index contributed by atoms with van der Waals surface area (Å²) in [7, 11) is -3.13. The van der Waals surface area contributed by atoms with Gasteiger partial charge in [-0.15, -0.1) is 0 Å². The maximum atomic E-state index is 11.8. The van der Waals surface area contributed by atoms with Crippen LogP contribution in [-0.2, 0) is 14.8 Å². The Labute approximate surface area is 109 Å². The molecule has 18 heavy (non-hydrogen) atoms. The van der Waals surface area contributed by atoms with Crippen LogP contribution >= 0.6 is 0 Å². The average Bonchev–Trinajstić information content (AvgIpc) is 2.32. The Balaban J connectivity index is 1.59. The fourth-order valence-electron chi connectivity index (χ4n) is 2.32. The van der Waals surface area contributed by atoms with Crippen LogP contribution in [0.1, 0.15) is 19.3 Å². The normalized spacial score (nSPS) is 30.1. The van der Waals surface area contributed by atoms with Crippen LogP contribution < -0.4 is 10.5 Å². The molecule has 1 saturated heterocycles. The Morgan fingerprint density at radius 2 is 1.94 bits per heavy atom. The summed E-state index contributed by atoms with van der Waals surface area (Å²) in [6.45, 7) is 4.91. The van der Waals surface area contributed by atoms with E-state index in [1.165, 1.54) is 0 Å². The SMILES string of the molecule is NC1CC(S(=O)(=O)NCCCN2CCOCC2)C1. The highest BCUT2D eigenvalue weighted by atomic mass is 32.2. The number of rotatable bonds is 6. The van der Waals surface area contributed by atoms with Crippen molar-refractivity contribution in [3.63, 3.8) is 0 Å². The molecule has 0 amide bonds. The van der Waals surface area contributed by atoms with Gasteiger partial charge in [0.15, 0.2) is 0 Å². The molecular weight excluding hydrogens is 254 g/mol. The maximum absolute atomic E-state index is 11.8. The first kappa shape index (κ1) is 14.2. The Bertz CT molecular complexity index is 349. The molecule has 0 aromatic carbocycles. The van der Waals surface area contributed by atoms with Gasteiger partial charge in [-0.2, -0.15) is 0 Å². The van der Waals surface area contributed by atoms with Crippen molar-refractivity contribution in [2.24, 2.45) is 5.73 Å². The summed E-state index contributed by atoms with van der Waals surface area (Å²) in [5.41, 5.74) is 5.61. The van der Waals surface area contributed by atoms with Gasteiger partial charge in [0, 0.05) is 25.7 Å². The fraction of sp³-hybridized carbons (Fsp3) is 1.00. The van der Waals surface area contributed by atoms with Crippen LogP contribution in [0.5, 0.6) is 0 Å². The van der Waals surface area contributed by atoms with Gasteiger partial charge in [-0.25, -0.2) is 13.1 Å². The van der Waals surface area contributed by atoms with E-state index in [4.69, 9.17) is 10.5 Å². The number of nitrogens with two attached hydrogens (primary N) is 1. The smallest absolute Gasteiger partial charge is 0.214 e. The van der Waals surface area contributed by atoms with Crippen LogP contribution in [0.4, 0.5) is 0 Å². The molecule has 0 aromatic heterocycles. The van der Waals surface area contributed by atoms with Gasteiger partial charge >= 0.3 is 0 Å². The molecule has 1 aliphatic heterocycles. The van der Waals surface area contributed by atoms with E-state index in [0.717, 1.165) is 39.3 Å². The van der Waals surface area contributed by atoms with E-state index in [1.807, 2.05) is 0 Å². The number of sulfonamides is 1. The fourth-order valence-corrected chi connectivity index (χ4v) is 3.99. The third-order valence-electron chi connectivity index (χ3n) is 3.63. The molecule has 1 saturated carbocycles. The topological polar surface area (TPSA) is 84.7 Å². The lowest BCUT2D eigenvalue weighted by Gasteiger charge is -2.32. The van der Waals surface area contributed by atoms with Crippen LogP contribution in [0.3, 0.4) is 0 Å². The maximum Gasteiger partial charge on any atom is 0.214 e. The van der Waals surface area contributed by atoms with Gasteiger partial charge in [0.05, 0.1) is 18.5 Å². The second-order valence-corrected chi connectivity index (χ2v) is 7.15. The number of morpholine rings is 1. The molecule has 2 fully saturated rings. The average molecular weight is 277 g/mol. The molecule has 0 bridgehead atoms. The van der Waals surface area contributed by atoms with Crippen molar-refractivity contribution >= 4 is 10.0 Å². The monoisotopic (exact) mass is 277 g/mol. The van der Waals surface area contributed by atoms with Crippen LogP contribution in [-0.4, -0.2) is 64.0 Å². The summed E-state index contributed by atoms with van der Waals surface area (Å²) < 4.78 is 31.6. The second-order valence-electron chi connectivity index (χ2n) is 5.10. The lowest BCUT2D eigenvalue weighted by molar-refractivity contribution is 0.0376. The zero-order valence-electron chi connectivity index (χ0n) is 10.7. The molecule has 6 nitrogen and oxygen atoms in total. The van der Waals surface area contributed by atoms with Crippen molar-refractivity contribution in [3.8, 4) is 0 Å². The molecule has 1 heterocycles. The van der Waals surface area contributed by atoms with Crippen LogP contribution in [0.2, 0.25) is 0 Å². The largest absolute Gasteiger partial charge is 0.379 e. The molecule has 0 atom stereocenters. The first-order valence-electron chi connectivity index (χ1n) is 6.62. The van der Waals surface area contributed by atoms with Crippen molar-refractivity contribution < 1.29 is 13.2 Å². The van der Waals surface area contributed by atoms with E-state index in [2.05, 4.69) is 9.62 Å². The lowest BCUT2D eigenvalue weighted by Crippen LogP contribution is -2.49. The van der Waals surface area contributed by atoms with E-state index in [0.29, 0.717) is 19.4 Å². The van der Waals surface area contributed by atoms with E-state index in [1.54, 1.807) is 0 Å². The Morgan fingerprint density at radius 1 is 1.28 bits per heavy atom. The summed E-state index contributed by atoms with van der Waals surface area (Å²) in [6.07, 6.45) is 2.04. The van der Waals surface area contributed by atoms with Crippen molar-refractivity contribution in [1.82, 2.24) is 9.62 Å². The van der Waals surface area contributed by atoms with Crippen LogP contribution in [0.15, 0.2) is 0 Å². The molecule has 0 aromatic rings. The number of hydrogen-bond donors (Lipinski definition) is 2. The summed E-state index contributed by atoms with van der Waals surface area (Å²) >= 11 is 0. The third kappa shape index (κ3) is 3.89. The highest BCUT2D eigenvalue weighted by Gasteiger charge is 2.36. The van der Waals surface area contributed by atoms with Gasteiger partial charge in [0.25, 0.3) is 0 Å². The van der Waals surface area contributed by atoms with Crippen LogP contribution in [0.25, 0.3) is 0 Å². The zero-order chi connectivity index (χ0) is 13.0. The minimum atomic E-state index is -3.13. The number of nitrogens with zero attached hydrogens (tertiary/aromatic N) is 1. The van der Waals surface area contributed by atoms with Gasteiger partial charge in [0.2, 0.25) is 10.0 Å². The molecule has 2 rings (SSSR count). The van der Waals surface area contributed by atoms with Gasteiger partial charge in [0.1, 0.15) is 0 Å². The minimum Gasteiger partial charge on any atom is -0.379 e. The first-order chi connectivity index (χ1) is 8.58. The molecule has 3 N–H and O–H groups in total. The lowest BCUT2D eigenvalue weighted by atomic mass is 9.94. The van der Waals surface area contributed by atoms with E-state index < -0.39 is 10.0 Å². The number of hydrogen-bond acceptors (Lipinski definition) is 5. The molecule has 7 heteroatoms. The minimum absolute atomic E-state index is 0.0694. The van der Waals surface area contributed by atoms with Crippen LogP contribution in [0, 0.1) is 0 Å². The Kier molecular flexibility index (Phi) is 4.97. The first-order valence-corrected chi connectivity index (χ1v) is 8.17. The molecule has 0 unspecified atom stereocenters. The molecule has 2 aliphatic rings. The van der Waals surface area contributed by atoms with Crippen molar-refractivity contribution in [2.75, 3.05) is 39.4 Å². The van der Waals surface area contributed by atoms with E-state index in [9.17, 15) is 8.42 Å². The third-order valence-corrected chi connectivity index (χ3v) is 5.50. The predicted octanol–water partition coefficient (Wildman–Crippen LogP) is -0.882. The zero-order valence-corrected chi connectivity index (χ0v) is 11.5. The van der Waals surface area contributed by atoms with Gasteiger partial charge in [-0.3, -0.25) is 4.90 Å². The highest BCUT2D eigenvalue weighted by Crippen LogP contribution is 2.24. The molecule has 0 radical (unpaired) electrons. The molecular formula is C11H23N3O3S. The second kappa shape index (κ2) is 6.29. The molecule has 106 valence electrons. The Hall–Kier alpha value is -0.210. The molecule has 1 aliphatic carbocycles. The number of ether oxygens (including phenoxy) is 1. The van der Waals surface area contributed by atoms with Crippen molar-refractivity contribution in [3.05, 3.63) is 0 Å². The van der Waals surface area contributed by atoms with E-state index >= 15 is 0 Å². The van der Waals surface area contributed by atoms with Gasteiger partial charge in [-0.1, -0.05) is 0 Å². The van der Waals surface area contributed by atoms with Gasteiger partial charge in [-0.05, 0) is 25.8 Å². The standard InChI is InChI=1S/C11H23N3O3S/c12-10-8-11(9-10)18(15,16)13-2-1-3-14-4-6-17-7-5-14/h10-11,13H,1-9,12H2. The Morgan fingerprint density at radius 3 is 2.56 bits per heavy atom. The molecule has 0 spiro atoms. The van der Waals surface area contributed by atoms with E-state index in [-0.39, 0.29) is 11.3 Å². The van der Waals surface area contributed by atoms with Crippen molar-refractivity contribution in [2.45, 2.75) is 30.6 Å². The summed E-state index contributed by atoms with van der Waals surface area (Å²) in [5, 5.41) is -0.268. The predicted molar refractivity (Wildman–Crippen MR) is 69.8 cm³/mol. The number of nitrogens with one attached hydrogen (secondary N) is 1. The summed E-state index contributed by atoms with van der Waals surface area (Å²) in [6, 6.07) is 0.0694.